The van der Waals surface area contributed by atoms with E-state index < -0.39 is 0 Å². The van der Waals surface area contributed by atoms with E-state index in [1.807, 2.05) is 0 Å². The van der Waals surface area contributed by atoms with Crippen LogP contribution in [0, 0.1) is 0 Å². The number of nitrogens with zero attached hydrogens (tertiary/aromatic N) is 2. The van der Waals surface area contributed by atoms with Crippen molar-refractivity contribution in [3.8, 4) is 0 Å². The average molecular weight is 98.1 g/mol. The number of aliphatic hydroxyl groups excluding tert-OH is 1. The van der Waals surface area contributed by atoms with Crippen LogP contribution in [0.4, 0.5) is 0 Å². The molecule has 0 fully saturated rings. The van der Waals surface area contributed by atoms with Crippen LogP contribution < -0.4 is 0 Å². The number of aliphatic hydroxyl groups is 1. The normalized spacial score (nSPS) is 19.0. The van der Waals surface area contributed by atoms with Crippen molar-refractivity contribution < 1.29 is 5.11 Å². The monoisotopic (exact) mass is 98.0 g/mol. The summed E-state index contributed by atoms with van der Waals surface area (Å²) < 4.78 is 0. The number of hydrogen-bond donors (Lipinski definition) is 1. The zero-order chi connectivity index (χ0) is 5.11. The van der Waals surface area contributed by atoms with Crippen LogP contribution in [0.3, 0.4) is 0 Å². The molecule has 38 valence electrons. The van der Waals surface area contributed by atoms with Crippen molar-refractivity contribution in [1.82, 2.24) is 0 Å². The van der Waals surface area contributed by atoms with Crippen LogP contribution >= 0.6 is 0 Å². The Morgan fingerprint density at radius 2 is 2.00 bits per heavy atom. The van der Waals surface area contributed by atoms with Crippen molar-refractivity contribution in [2.75, 3.05) is 6.61 Å². The SMILES string of the molecule is OCC1N=CC=N1. The Kier molecular flexibility index (Phi) is 1.17. The maximum Gasteiger partial charge on any atom is 0.162 e. The highest BCUT2D eigenvalue weighted by Crippen LogP contribution is 1.92. The second-order valence-corrected chi connectivity index (χ2v) is 1.26. The van der Waals surface area contributed by atoms with E-state index in [9.17, 15) is 0 Å². The average Bonchev–Trinajstić information content (AvgIpc) is 2.14. The van der Waals surface area contributed by atoms with Crippen molar-refractivity contribution in [3.63, 3.8) is 0 Å². The summed E-state index contributed by atoms with van der Waals surface area (Å²) in [6.07, 6.45) is 2.96. The molecule has 0 aromatic heterocycles. The molecule has 3 nitrogen and oxygen atoms in total. The van der Waals surface area contributed by atoms with Crippen molar-refractivity contribution in [2.24, 2.45) is 9.98 Å². The molecular formula is C4H6N2O. The Labute approximate surface area is 41.4 Å². The molecule has 0 atom stereocenters. The summed E-state index contributed by atoms with van der Waals surface area (Å²) in [6, 6.07) is 0. The molecule has 0 spiro atoms. The molecule has 0 radical (unpaired) electrons. The van der Waals surface area contributed by atoms with Gasteiger partial charge in [-0.2, -0.15) is 0 Å². The molecule has 1 aliphatic heterocycles. The van der Waals surface area contributed by atoms with E-state index in [4.69, 9.17) is 5.11 Å². The topological polar surface area (TPSA) is 45.0 Å². The summed E-state index contributed by atoms with van der Waals surface area (Å²) in [5, 5.41) is 8.34. The predicted octanol–water partition coefficient (Wildman–Crippen LogP) is -0.540. The third-order valence-electron chi connectivity index (χ3n) is 0.746. The predicted molar refractivity (Wildman–Crippen MR) is 27.9 cm³/mol. The lowest BCUT2D eigenvalue weighted by atomic mass is 10.6. The fraction of sp³-hybridized carbons (Fsp3) is 0.500. The Hall–Kier alpha value is -0.700. The summed E-state index contributed by atoms with van der Waals surface area (Å²) in [5.41, 5.74) is 0. The van der Waals surface area contributed by atoms with Gasteiger partial charge in [-0.1, -0.05) is 0 Å². The van der Waals surface area contributed by atoms with Crippen LogP contribution in [-0.4, -0.2) is 30.3 Å². The highest BCUT2D eigenvalue weighted by atomic mass is 16.3. The zero-order valence-electron chi connectivity index (χ0n) is 3.78. The van der Waals surface area contributed by atoms with E-state index in [-0.39, 0.29) is 12.8 Å². The van der Waals surface area contributed by atoms with Crippen molar-refractivity contribution >= 4 is 12.4 Å². The van der Waals surface area contributed by atoms with Gasteiger partial charge in [0.1, 0.15) is 0 Å². The van der Waals surface area contributed by atoms with Crippen LogP contribution in [-0.2, 0) is 0 Å². The summed E-state index contributed by atoms with van der Waals surface area (Å²) in [6.45, 7) is 0.0208. The summed E-state index contributed by atoms with van der Waals surface area (Å²) in [4.78, 5) is 7.51. The van der Waals surface area contributed by atoms with E-state index >= 15 is 0 Å². The van der Waals surface area contributed by atoms with Crippen molar-refractivity contribution in [2.45, 2.75) is 6.17 Å². The quantitative estimate of drug-likeness (QED) is 0.470. The molecule has 0 amide bonds. The number of hydrogen-bond acceptors (Lipinski definition) is 3. The molecular weight excluding hydrogens is 92.1 g/mol. The molecule has 0 saturated carbocycles. The number of rotatable bonds is 1. The molecule has 0 aromatic carbocycles. The van der Waals surface area contributed by atoms with Crippen molar-refractivity contribution in [3.05, 3.63) is 0 Å². The van der Waals surface area contributed by atoms with Gasteiger partial charge in [-0.15, -0.1) is 0 Å². The summed E-state index contributed by atoms with van der Waals surface area (Å²) in [5.74, 6) is 0. The minimum atomic E-state index is -0.208. The van der Waals surface area contributed by atoms with Crippen LogP contribution in [0.25, 0.3) is 0 Å². The van der Waals surface area contributed by atoms with E-state index in [0.29, 0.717) is 0 Å². The molecule has 0 aromatic rings. The largest absolute Gasteiger partial charge is 0.392 e. The molecule has 0 bridgehead atoms. The highest BCUT2D eigenvalue weighted by molar-refractivity contribution is 6.17. The zero-order valence-corrected chi connectivity index (χ0v) is 3.78. The van der Waals surface area contributed by atoms with Gasteiger partial charge < -0.3 is 5.11 Å². The first-order chi connectivity index (χ1) is 3.43. The van der Waals surface area contributed by atoms with Gasteiger partial charge >= 0.3 is 0 Å². The molecule has 1 heterocycles. The smallest absolute Gasteiger partial charge is 0.162 e. The maximum atomic E-state index is 8.34. The first-order valence-corrected chi connectivity index (χ1v) is 2.09. The molecule has 0 unspecified atom stereocenters. The third-order valence-corrected chi connectivity index (χ3v) is 0.746. The van der Waals surface area contributed by atoms with Crippen LogP contribution in [0.2, 0.25) is 0 Å². The fourth-order valence-corrected chi connectivity index (χ4v) is 0.408. The minimum absolute atomic E-state index is 0.0208. The second-order valence-electron chi connectivity index (χ2n) is 1.26. The van der Waals surface area contributed by atoms with E-state index in [2.05, 4.69) is 9.98 Å². The molecule has 1 N–H and O–H groups in total. The first kappa shape index (κ1) is 4.46. The lowest BCUT2D eigenvalue weighted by Crippen LogP contribution is -2.01. The highest BCUT2D eigenvalue weighted by Gasteiger charge is 1.99. The Balaban J connectivity index is 2.44. The van der Waals surface area contributed by atoms with Crippen molar-refractivity contribution in [1.29, 1.82) is 0 Å². The van der Waals surface area contributed by atoms with E-state index in [1.165, 1.54) is 0 Å². The Morgan fingerprint density at radius 1 is 1.43 bits per heavy atom. The van der Waals surface area contributed by atoms with Gasteiger partial charge in [-0.3, -0.25) is 9.98 Å². The molecule has 1 aliphatic rings. The second kappa shape index (κ2) is 1.84. The van der Waals surface area contributed by atoms with Gasteiger partial charge in [0.2, 0.25) is 0 Å². The standard InChI is InChI=1S/C4H6N2O/c7-3-4-5-1-2-6-4/h1-2,4,7H,3H2. The minimum Gasteiger partial charge on any atom is -0.392 e. The van der Waals surface area contributed by atoms with Gasteiger partial charge in [-0.25, -0.2) is 0 Å². The fourth-order valence-electron chi connectivity index (χ4n) is 0.408. The van der Waals surface area contributed by atoms with Gasteiger partial charge in [0.05, 0.1) is 6.61 Å². The first-order valence-electron chi connectivity index (χ1n) is 2.09. The summed E-state index contributed by atoms with van der Waals surface area (Å²) >= 11 is 0. The number of aliphatic imine (C=N–C) groups is 2. The lowest BCUT2D eigenvalue weighted by molar-refractivity contribution is 0.272. The Morgan fingerprint density at radius 3 is 2.29 bits per heavy atom. The molecule has 0 aliphatic carbocycles. The van der Waals surface area contributed by atoms with Gasteiger partial charge in [0.25, 0.3) is 0 Å². The van der Waals surface area contributed by atoms with Gasteiger partial charge in [0.15, 0.2) is 6.17 Å². The van der Waals surface area contributed by atoms with Crippen LogP contribution in [0.15, 0.2) is 9.98 Å². The van der Waals surface area contributed by atoms with Crippen LogP contribution in [0.1, 0.15) is 0 Å². The maximum absolute atomic E-state index is 8.34. The van der Waals surface area contributed by atoms with Crippen LogP contribution in [0.5, 0.6) is 0 Å². The lowest BCUT2D eigenvalue weighted by Gasteiger charge is -1.92. The van der Waals surface area contributed by atoms with E-state index in [1.54, 1.807) is 12.4 Å². The molecule has 1 rings (SSSR count). The Bertz CT molecular complexity index is 96.3. The van der Waals surface area contributed by atoms with Gasteiger partial charge in [-0.05, 0) is 0 Å². The molecule has 0 saturated heterocycles. The molecule has 7 heavy (non-hydrogen) atoms. The molecule has 3 heteroatoms. The summed E-state index contributed by atoms with van der Waals surface area (Å²) in [7, 11) is 0. The van der Waals surface area contributed by atoms with Gasteiger partial charge in [0, 0.05) is 12.4 Å². The third kappa shape index (κ3) is 0.838. The van der Waals surface area contributed by atoms with E-state index in [0.717, 1.165) is 0 Å².